The summed E-state index contributed by atoms with van der Waals surface area (Å²) < 4.78 is 16.6. The monoisotopic (exact) mass is 298 g/mol. The van der Waals surface area contributed by atoms with Crippen molar-refractivity contribution in [2.45, 2.75) is 18.9 Å². The zero-order valence-electron chi connectivity index (χ0n) is 10.8. The van der Waals surface area contributed by atoms with Gasteiger partial charge in [-0.2, -0.15) is 0 Å². The molecular weight excluding hydrogens is 280 g/mol. The van der Waals surface area contributed by atoms with Gasteiger partial charge in [-0.05, 0) is 25.0 Å². The molecule has 104 valence electrons. The number of methoxy groups -OCH3 is 1. The van der Waals surface area contributed by atoms with E-state index >= 15 is 0 Å². The van der Waals surface area contributed by atoms with Crippen molar-refractivity contribution < 1.29 is 8.95 Å². The number of hydrogen-bond donors (Lipinski definition) is 2. The van der Waals surface area contributed by atoms with Gasteiger partial charge in [0.2, 0.25) is 0 Å². The Labute approximate surface area is 121 Å². The molecule has 0 atom stereocenters. The van der Waals surface area contributed by atoms with E-state index in [4.69, 9.17) is 22.7 Å². The molecule has 0 aliphatic carbocycles. The van der Waals surface area contributed by atoms with Gasteiger partial charge in [0.25, 0.3) is 0 Å². The summed E-state index contributed by atoms with van der Waals surface area (Å²) in [6, 6.07) is 5.93. The van der Waals surface area contributed by atoms with Crippen LogP contribution in [0.25, 0.3) is 0 Å². The standard InChI is InChI=1S/C13H18N2O2S2/c1-17-10-2-3-11(13(14)18)12(8-10)15-9-4-6-19(16)7-5-9/h2-3,8-9,15H,4-7H2,1H3,(H2,14,18). The lowest BCUT2D eigenvalue weighted by Gasteiger charge is -2.25. The highest BCUT2D eigenvalue weighted by atomic mass is 32.2. The molecule has 1 heterocycles. The van der Waals surface area contributed by atoms with E-state index in [-0.39, 0.29) is 0 Å². The minimum absolute atomic E-state index is 0.318. The average molecular weight is 298 g/mol. The van der Waals surface area contributed by atoms with Gasteiger partial charge >= 0.3 is 0 Å². The predicted molar refractivity (Wildman–Crippen MR) is 83.4 cm³/mol. The molecule has 0 spiro atoms. The van der Waals surface area contributed by atoms with Crippen LogP contribution in [-0.4, -0.2) is 33.9 Å². The van der Waals surface area contributed by atoms with Crippen molar-refractivity contribution in [3.05, 3.63) is 23.8 Å². The summed E-state index contributed by atoms with van der Waals surface area (Å²) in [5, 5.41) is 3.44. The smallest absolute Gasteiger partial charge is 0.120 e. The molecule has 6 heteroatoms. The van der Waals surface area contributed by atoms with E-state index in [1.54, 1.807) is 7.11 Å². The van der Waals surface area contributed by atoms with E-state index in [1.165, 1.54) is 0 Å². The second-order valence-corrected chi connectivity index (χ2v) is 6.68. The summed E-state index contributed by atoms with van der Waals surface area (Å²) in [5.41, 5.74) is 7.45. The Kier molecular flexibility index (Phi) is 4.76. The summed E-state index contributed by atoms with van der Waals surface area (Å²) in [6.45, 7) is 0. The Morgan fingerprint density at radius 2 is 2.16 bits per heavy atom. The van der Waals surface area contributed by atoms with Crippen LogP contribution in [0.1, 0.15) is 18.4 Å². The summed E-state index contributed by atoms with van der Waals surface area (Å²) >= 11 is 5.06. The maximum absolute atomic E-state index is 11.4. The zero-order valence-corrected chi connectivity index (χ0v) is 12.5. The normalized spacial score (nSPS) is 22.8. The number of nitrogens with two attached hydrogens (primary N) is 1. The highest BCUT2D eigenvalue weighted by Gasteiger charge is 2.19. The van der Waals surface area contributed by atoms with Gasteiger partial charge in [0.05, 0.1) is 7.11 Å². The van der Waals surface area contributed by atoms with Crippen molar-refractivity contribution in [1.29, 1.82) is 0 Å². The summed E-state index contributed by atoms with van der Waals surface area (Å²) in [7, 11) is 0.974. The van der Waals surface area contributed by atoms with Crippen molar-refractivity contribution in [1.82, 2.24) is 0 Å². The van der Waals surface area contributed by atoms with E-state index < -0.39 is 10.8 Å². The van der Waals surface area contributed by atoms with E-state index in [9.17, 15) is 4.21 Å². The second kappa shape index (κ2) is 6.34. The van der Waals surface area contributed by atoms with Crippen molar-refractivity contribution in [2.75, 3.05) is 23.9 Å². The second-order valence-electron chi connectivity index (χ2n) is 4.54. The highest BCUT2D eigenvalue weighted by molar-refractivity contribution is 7.85. The van der Waals surface area contributed by atoms with Gasteiger partial charge in [-0.25, -0.2) is 0 Å². The number of thiocarbonyl (C=S) groups is 1. The fourth-order valence-corrected chi connectivity index (χ4v) is 3.62. The third-order valence-electron chi connectivity index (χ3n) is 3.24. The molecule has 1 fully saturated rings. The lowest BCUT2D eigenvalue weighted by Crippen LogP contribution is -2.30. The van der Waals surface area contributed by atoms with E-state index in [2.05, 4.69) is 5.32 Å². The topological polar surface area (TPSA) is 64.3 Å². The van der Waals surface area contributed by atoms with Crippen LogP contribution in [0, 0.1) is 0 Å². The van der Waals surface area contributed by atoms with Crippen LogP contribution < -0.4 is 15.8 Å². The molecule has 0 amide bonds. The molecule has 1 aliphatic heterocycles. The van der Waals surface area contributed by atoms with Crippen molar-refractivity contribution in [2.24, 2.45) is 5.73 Å². The maximum atomic E-state index is 11.4. The number of benzene rings is 1. The SMILES string of the molecule is COc1ccc(C(N)=S)c(NC2CCS(=O)CC2)c1. The lowest BCUT2D eigenvalue weighted by molar-refractivity contribution is 0.415. The molecule has 0 radical (unpaired) electrons. The van der Waals surface area contributed by atoms with Crippen molar-refractivity contribution in [3.8, 4) is 5.75 Å². The first-order chi connectivity index (χ1) is 9.10. The van der Waals surface area contributed by atoms with Gasteiger partial charge < -0.3 is 15.8 Å². The van der Waals surface area contributed by atoms with Gasteiger partial charge in [-0.3, -0.25) is 4.21 Å². The van der Waals surface area contributed by atoms with Gasteiger partial charge in [0.1, 0.15) is 10.7 Å². The molecule has 0 unspecified atom stereocenters. The van der Waals surface area contributed by atoms with Crippen LogP contribution in [0.15, 0.2) is 18.2 Å². The fraction of sp³-hybridized carbons (Fsp3) is 0.462. The highest BCUT2D eigenvalue weighted by Crippen LogP contribution is 2.25. The molecule has 2 rings (SSSR count). The first-order valence-corrected chi connectivity index (χ1v) is 8.09. The molecular formula is C13H18N2O2S2. The first-order valence-electron chi connectivity index (χ1n) is 6.19. The van der Waals surface area contributed by atoms with E-state index in [0.29, 0.717) is 11.0 Å². The third kappa shape index (κ3) is 3.67. The fourth-order valence-electron chi connectivity index (χ4n) is 2.14. The molecule has 1 aromatic rings. The molecule has 0 saturated carbocycles. The quantitative estimate of drug-likeness (QED) is 0.828. The number of nitrogens with one attached hydrogen (secondary N) is 1. The van der Waals surface area contributed by atoms with Crippen LogP contribution in [0.4, 0.5) is 5.69 Å². The van der Waals surface area contributed by atoms with Crippen LogP contribution in [0.3, 0.4) is 0 Å². The number of anilines is 1. The van der Waals surface area contributed by atoms with Gasteiger partial charge in [-0.1, -0.05) is 12.2 Å². The molecule has 4 nitrogen and oxygen atoms in total. The van der Waals surface area contributed by atoms with E-state index in [1.807, 2.05) is 18.2 Å². The van der Waals surface area contributed by atoms with Crippen LogP contribution >= 0.6 is 12.2 Å². The van der Waals surface area contributed by atoms with Crippen LogP contribution in [-0.2, 0) is 10.8 Å². The number of rotatable bonds is 4. The zero-order chi connectivity index (χ0) is 13.8. The molecule has 1 aliphatic rings. The molecule has 3 N–H and O–H groups in total. The minimum Gasteiger partial charge on any atom is -0.497 e. The number of ether oxygens (including phenoxy) is 1. The summed E-state index contributed by atoms with van der Waals surface area (Å²) in [6.07, 6.45) is 1.81. The maximum Gasteiger partial charge on any atom is 0.120 e. The molecule has 1 saturated heterocycles. The Bertz CT molecular complexity index is 495. The third-order valence-corrected chi connectivity index (χ3v) is 4.84. The lowest BCUT2D eigenvalue weighted by atomic mass is 10.1. The Balaban J connectivity index is 2.17. The van der Waals surface area contributed by atoms with Crippen LogP contribution in [0.2, 0.25) is 0 Å². The molecule has 0 bridgehead atoms. The van der Waals surface area contributed by atoms with Gasteiger partial charge in [0.15, 0.2) is 0 Å². The van der Waals surface area contributed by atoms with Gasteiger partial charge in [0, 0.05) is 45.7 Å². The Morgan fingerprint density at radius 1 is 1.47 bits per heavy atom. The molecule has 1 aromatic carbocycles. The van der Waals surface area contributed by atoms with E-state index in [0.717, 1.165) is 41.3 Å². The van der Waals surface area contributed by atoms with Gasteiger partial charge in [-0.15, -0.1) is 0 Å². The van der Waals surface area contributed by atoms with Crippen molar-refractivity contribution in [3.63, 3.8) is 0 Å². The van der Waals surface area contributed by atoms with Crippen molar-refractivity contribution >= 4 is 33.7 Å². The average Bonchev–Trinajstić information content (AvgIpc) is 2.41. The molecule has 19 heavy (non-hydrogen) atoms. The largest absolute Gasteiger partial charge is 0.497 e. The summed E-state index contributed by atoms with van der Waals surface area (Å²) in [4.78, 5) is 0.365. The minimum atomic E-state index is -0.654. The number of hydrogen-bond acceptors (Lipinski definition) is 4. The Hall–Kier alpha value is -1.14. The molecule has 0 aromatic heterocycles. The summed E-state index contributed by atoms with van der Waals surface area (Å²) in [5.74, 6) is 2.27. The van der Waals surface area contributed by atoms with Crippen LogP contribution in [0.5, 0.6) is 5.75 Å². The Morgan fingerprint density at radius 3 is 2.74 bits per heavy atom. The predicted octanol–water partition coefficient (Wildman–Crippen LogP) is 1.65. The first kappa shape index (κ1) is 14.3.